The summed E-state index contributed by atoms with van der Waals surface area (Å²) in [5.74, 6) is -0.139. The van der Waals surface area contributed by atoms with Gasteiger partial charge in [-0.1, -0.05) is 0 Å². The van der Waals surface area contributed by atoms with Crippen molar-refractivity contribution in [2.24, 2.45) is 5.41 Å². The third-order valence-electron chi connectivity index (χ3n) is 2.91. The van der Waals surface area contributed by atoms with E-state index in [1.165, 1.54) is 6.20 Å². The Morgan fingerprint density at radius 1 is 1.56 bits per heavy atom. The lowest BCUT2D eigenvalue weighted by Gasteiger charge is -2.12. The quantitative estimate of drug-likeness (QED) is 0.821. The Morgan fingerprint density at radius 3 is 2.81 bits per heavy atom. The van der Waals surface area contributed by atoms with Crippen LogP contribution in [0, 0.1) is 5.41 Å². The van der Waals surface area contributed by atoms with E-state index in [0.29, 0.717) is 16.7 Å². The van der Waals surface area contributed by atoms with Crippen LogP contribution >= 0.6 is 15.9 Å². The van der Waals surface area contributed by atoms with Crippen LogP contribution in [0.4, 0.5) is 0 Å². The lowest BCUT2D eigenvalue weighted by Crippen LogP contribution is -2.31. The summed E-state index contributed by atoms with van der Waals surface area (Å²) >= 11 is 3.21. The zero-order chi connectivity index (χ0) is 11.6. The molecule has 1 aliphatic rings. The number of halogens is 1. The van der Waals surface area contributed by atoms with Crippen LogP contribution < -0.4 is 5.32 Å². The number of hydrogen-bond donors (Lipinski definition) is 2. The van der Waals surface area contributed by atoms with Crippen molar-refractivity contribution in [3.8, 4) is 0 Å². The highest BCUT2D eigenvalue weighted by molar-refractivity contribution is 9.10. The Kier molecular flexibility index (Phi) is 3.25. The first kappa shape index (κ1) is 11.5. The van der Waals surface area contributed by atoms with E-state index in [-0.39, 0.29) is 17.9 Å². The Morgan fingerprint density at radius 2 is 2.31 bits per heavy atom. The van der Waals surface area contributed by atoms with Gasteiger partial charge in [0.05, 0.1) is 12.2 Å². The van der Waals surface area contributed by atoms with Gasteiger partial charge in [-0.3, -0.25) is 4.79 Å². The van der Waals surface area contributed by atoms with Crippen molar-refractivity contribution in [2.75, 3.05) is 13.2 Å². The number of amides is 1. The van der Waals surface area contributed by atoms with Crippen LogP contribution in [0.25, 0.3) is 0 Å². The van der Waals surface area contributed by atoms with Crippen molar-refractivity contribution in [3.05, 3.63) is 28.5 Å². The van der Waals surface area contributed by atoms with Crippen LogP contribution in [0.15, 0.2) is 22.9 Å². The molecule has 0 aromatic carbocycles. The maximum absolute atomic E-state index is 11.7. The summed E-state index contributed by atoms with van der Waals surface area (Å²) in [6.45, 7) is 0.685. The van der Waals surface area contributed by atoms with E-state index in [0.717, 1.165) is 12.8 Å². The molecule has 5 heteroatoms. The van der Waals surface area contributed by atoms with Gasteiger partial charge in [0.2, 0.25) is 0 Å². The topological polar surface area (TPSA) is 62.2 Å². The zero-order valence-electron chi connectivity index (χ0n) is 8.74. The Balaban J connectivity index is 1.91. The molecule has 0 radical (unpaired) electrons. The van der Waals surface area contributed by atoms with Crippen LogP contribution in [0.5, 0.6) is 0 Å². The van der Waals surface area contributed by atoms with E-state index >= 15 is 0 Å². The number of aliphatic hydroxyl groups is 1. The molecule has 0 aliphatic heterocycles. The van der Waals surface area contributed by atoms with Gasteiger partial charge in [-0.05, 0) is 40.9 Å². The highest BCUT2D eigenvalue weighted by Crippen LogP contribution is 2.44. The molecule has 2 rings (SSSR count). The van der Waals surface area contributed by atoms with Crippen LogP contribution in [0.3, 0.4) is 0 Å². The van der Waals surface area contributed by atoms with Crippen LogP contribution in [-0.2, 0) is 0 Å². The number of carbonyl (C=O) groups is 1. The first-order valence-electron chi connectivity index (χ1n) is 5.16. The van der Waals surface area contributed by atoms with Gasteiger partial charge < -0.3 is 10.4 Å². The summed E-state index contributed by atoms with van der Waals surface area (Å²) in [6, 6.07) is 3.44. The molecule has 0 unspecified atom stereocenters. The van der Waals surface area contributed by atoms with E-state index in [2.05, 4.69) is 26.2 Å². The van der Waals surface area contributed by atoms with Crippen molar-refractivity contribution in [2.45, 2.75) is 12.8 Å². The lowest BCUT2D eigenvalue weighted by atomic mass is 10.1. The van der Waals surface area contributed by atoms with E-state index in [9.17, 15) is 4.79 Å². The molecule has 16 heavy (non-hydrogen) atoms. The first-order valence-corrected chi connectivity index (χ1v) is 5.95. The fourth-order valence-corrected chi connectivity index (χ4v) is 1.68. The van der Waals surface area contributed by atoms with Crippen LogP contribution in [-0.4, -0.2) is 29.1 Å². The van der Waals surface area contributed by atoms with Gasteiger partial charge in [0.25, 0.3) is 5.91 Å². The normalized spacial score (nSPS) is 16.9. The Hall–Kier alpha value is -0.940. The van der Waals surface area contributed by atoms with Crippen molar-refractivity contribution < 1.29 is 9.90 Å². The first-order chi connectivity index (χ1) is 7.65. The summed E-state index contributed by atoms with van der Waals surface area (Å²) < 4.78 is 0.707. The number of nitrogens with zero attached hydrogens (tertiary/aromatic N) is 1. The van der Waals surface area contributed by atoms with Crippen molar-refractivity contribution >= 4 is 21.8 Å². The van der Waals surface area contributed by atoms with E-state index in [1.807, 2.05) is 0 Å². The fraction of sp³-hybridized carbons (Fsp3) is 0.455. The third-order valence-corrected chi connectivity index (χ3v) is 3.38. The van der Waals surface area contributed by atoms with Crippen molar-refractivity contribution in [3.63, 3.8) is 0 Å². The van der Waals surface area contributed by atoms with Gasteiger partial charge in [0.1, 0.15) is 4.60 Å². The average molecular weight is 285 g/mol. The predicted octanol–water partition coefficient (Wildman–Crippen LogP) is 1.35. The molecule has 1 heterocycles. The number of nitrogens with one attached hydrogen (secondary N) is 1. The molecular weight excluding hydrogens is 272 g/mol. The molecule has 1 aromatic rings. The minimum Gasteiger partial charge on any atom is -0.396 e. The maximum Gasteiger partial charge on any atom is 0.252 e. The highest BCUT2D eigenvalue weighted by Gasteiger charge is 2.42. The monoisotopic (exact) mass is 284 g/mol. The van der Waals surface area contributed by atoms with Crippen LogP contribution in [0.1, 0.15) is 23.2 Å². The van der Waals surface area contributed by atoms with Crippen LogP contribution in [0.2, 0.25) is 0 Å². The minimum atomic E-state index is -0.139. The highest BCUT2D eigenvalue weighted by atomic mass is 79.9. The summed E-state index contributed by atoms with van der Waals surface area (Å²) in [6.07, 6.45) is 3.50. The third kappa shape index (κ3) is 2.59. The zero-order valence-corrected chi connectivity index (χ0v) is 10.3. The molecular formula is C11H13BrN2O2. The standard InChI is InChI=1S/C11H13BrN2O2/c12-9-2-1-8(5-13-9)10(16)14-6-11(7-15)3-4-11/h1-2,5,15H,3-4,6-7H2,(H,14,16). The van der Waals surface area contributed by atoms with Gasteiger partial charge in [0, 0.05) is 18.2 Å². The molecule has 1 aromatic heterocycles. The number of aromatic nitrogens is 1. The summed E-state index contributed by atoms with van der Waals surface area (Å²) in [5.41, 5.74) is 0.482. The van der Waals surface area contributed by atoms with E-state index < -0.39 is 0 Å². The second-order valence-electron chi connectivity index (χ2n) is 4.21. The fourth-order valence-electron chi connectivity index (χ4n) is 1.45. The average Bonchev–Trinajstić information content (AvgIpc) is 3.08. The van der Waals surface area contributed by atoms with Gasteiger partial charge in [0.15, 0.2) is 0 Å². The lowest BCUT2D eigenvalue weighted by molar-refractivity contribution is 0.0935. The predicted molar refractivity (Wildman–Crippen MR) is 63.0 cm³/mol. The molecule has 1 fully saturated rings. The van der Waals surface area contributed by atoms with Gasteiger partial charge in [-0.25, -0.2) is 4.98 Å². The molecule has 86 valence electrons. The molecule has 4 nitrogen and oxygen atoms in total. The number of pyridine rings is 1. The molecule has 1 amide bonds. The second kappa shape index (κ2) is 4.51. The molecule has 1 saturated carbocycles. The molecule has 0 bridgehead atoms. The Labute approximate surface area is 102 Å². The molecule has 0 atom stereocenters. The maximum atomic E-state index is 11.7. The molecule has 2 N–H and O–H groups in total. The smallest absolute Gasteiger partial charge is 0.252 e. The van der Waals surface area contributed by atoms with Crippen molar-refractivity contribution in [1.29, 1.82) is 0 Å². The second-order valence-corrected chi connectivity index (χ2v) is 5.02. The summed E-state index contributed by atoms with van der Waals surface area (Å²) in [4.78, 5) is 15.7. The van der Waals surface area contributed by atoms with Crippen molar-refractivity contribution in [1.82, 2.24) is 10.3 Å². The van der Waals surface area contributed by atoms with Gasteiger partial charge >= 0.3 is 0 Å². The van der Waals surface area contributed by atoms with Gasteiger partial charge in [-0.15, -0.1) is 0 Å². The molecule has 1 aliphatic carbocycles. The number of rotatable bonds is 4. The Bertz CT molecular complexity index is 387. The minimum absolute atomic E-state index is 0.0571. The summed E-state index contributed by atoms with van der Waals surface area (Å²) in [7, 11) is 0. The van der Waals surface area contributed by atoms with E-state index in [1.54, 1.807) is 12.1 Å². The van der Waals surface area contributed by atoms with E-state index in [4.69, 9.17) is 5.11 Å². The molecule has 0 saturated heterocycles. The molecule has 0 spiro atoms. The SMILES string of the molecule is O=C(NCC1(CO)CC1)c1ccc(Br)nc1. The number of aliphatic hydroxyl groups excluding tert-OH is 1. The largest absolute Gasteiger partial charge is 0.396 e. The number of carbonyl (C=O) groups excluding carboxylic acids is 1. The van der Waals surface area contributed by atoms with Gasteiger partial charge in [-0.2, -0.15) is 0 Å². The number of hydrogen-bond acceptors (Lipinski definition) is 3. The summed E-state index contributed by atoms with van der Waals surface area (Å²) in [5, 5.41) is 11.9.